The molecule has 25 heavy (non-hydrogen) atoms. The molecule has 8 heteroatoms. The fourth-order valence-corrected chi connectivity index (χ4v) is 3.02. The molecule has 0 saturated carbocycles. The van der Waals surface area contributed by atoms with Crippen LogP contribution in [0.2, 0.25) is 0 Å². The normalized spacial score (nSPS) is 18.5. The van der Waals surface area contributed by atoms with Gasteiger partial charge in [0.25, 0.3) is 5.89 Å². The highest BCUT2D eigenvalue weighted by atomic mass is 16.5. The lowest BCUT2D eigenvalue weighted by Crippen LogP contribution is -2.39. The summed E-state index contributed by atoms with van der Waals surface area (Å²) in [6.45, 7) is 3.24. The van der Waals surface area contributed by atoms with Crippen LogP contribution in [0, 0.1) is 0 Å². The van der Waals surface area contributed by atoms with Crippen molar-refractivity contribution in [3.63, 3.8) is 0 Å². The van der Waals surface area contributed by atoms with Crippen molar-refractivity contribution >= 4 is 0 Å². The second-order valence-corrected chi connectivity index (χ2v) is 6.11. The van der Waals surface area contributed by atoms with Crippen LogP contribution in [-0.2, 0) is 17.9 Å². The minimum absolute atomic E-state index is 0.176. The molecule has 0 amide bonds. The van der Waals surface area contributed by atoms with Gasteiger partial charge in [0, 0.05) is 37.4 Å². The number of hydrogen-bond donors (Lipinski definition) is 1. The average molecular weight is 340 g/mol. The van der Waals surface area contributed by atoms with Gasteiger partial charge in [-0.3, -0.25) is 9.88 Å². The Morgan fingerprint density at radius 3 is 3.20 bits per heavy atom. The third kappa shape index (κ3) is 4.09. The van der Waals surface area contributed by atoms with Gasteiger partial charge in [-0.05, 0) is 31.5 Å². The van der Waals surface area contributed by atoms with E-state index >= 15 is 0 Å². The number of ether oxygens (including phenoxy) is 1. The maximum absolute atomic E-state index is 5.98. The van der Waals surface area contributed by atoms with E-state index in [1.807, 2.05) is 12.3 Å². The molecule has 0 radical (unpaired) electrons. The second-order valence-electron chi connectivity index (χ2n) is 6.11. The van der Waals surface area contributed by atoms with E-state index in [1.54, 1.807) is 18.6 Å². The Bertz CT molecular complexity index is 774. The van der Waals surface area contributed by atoms with Crippen molar-refractivity contribution in [3.8, 4) is 11.5 Å². The highest BCUT2D eigenvalue weighted by Gasteiger charge is 2.21. The van der Waals surface area contributed by atoms with Crippen molar-refractivity contribution in [2.24, 2.45) is 0 Å². The van der Waals surface area contributed by atoms with Gasteiger partial charge in [0.1, 0.15) is 12.3 Å². The van der Waals surface area contributed by atoms with E-state index in [-0.39, 0.29) is 6.10 Å². The molecule has 1 aliphatic heterocycles. The number of aromatic amines is 1. The van der Waals surface area contributed by atoms with Crippen molar-refractivity contribution in [2.75, 3.05) is 13.1 Å². The van der Waals surface area contributed by atoms with E-state index in [9.17, 15) is 0 Å². The largest absolute Gasteiger partial charge is 0.367 e. The number of aromatic nitrogens is 5. The van der Waals surface area contributed by atoms with Crippen LogP contribution >= 0.6 is 0 Å². The molecule has 3 aromatic rings. The third-order valence-electron chi connectivity index (χ3n) is 4.22. The van der Waals surface area contributed by atoms with Gasteiger partial charge in [0.05, 0.1) is 12.3 Å². The third-order valence-corrected chi connectivity index (χ3v) is 4.22. The molecule has 1 N–H and O–H groups in total. The first-order valence-corrected chi connectivity index (χ1v) is 8.42. The second kappa shape index (κ2) is 7.54. The van der Waals surface area contributed by atoms with Gasteiger partial charge < -0.3 is 14.2 Å². The summed E-state index contributed by atoms with van der Waals surface area (Å²) < 4.78 is 11.2. The number of piperidine rings is 1. The van der Waals surface area contributed by atoms with E-state index in [0.29, 0.717) is 24.0 Å². The maximum atomic E-state index is 5.98. The molecule has 0 spiro atoms. The molecule has 0 bridgehead atoms. The first-order valence-electron chi connectivity index (χ1n) is 8.42. The van der Waals surface area contributed by atoms with E-state index in [1.165, 1.54) is 5.69 Å². The van der Waals surface area contributed by atoms with Gasteiger partial charge in [0.15, 0.2) is 0 Å². The van der Waals surface area contributed by atoms with Gasteiger partial charge in [-0.25, -0.2) is 4.98 Å². The van der Waals surface area contributed by atoms with Gasteiger partial charge >= 0.3 is 0 Å². The summed E-state index contributed by atoms with van der Waals surface area (Å²) in [6, 6.07) is 4.13. The van der Waals surface area contributed by atoms with Crippen LogP contribution in [0.25, 0.3) is 11.5 Å². The molecule has 4 rings (SSSR count). The highest BCUT2D eigenvalue weighted by molar-refractivity contribution is 5.45. The molecular weight excluding hydrogens is 320 g/mol. The Labute approximate surface area is 145 Å². The van der Waals surface area contributed by atoms with Crippen molar-refractivity contribution in [1.82, 2.24) is 30.0 Å². The molecule has 8 nitrogen and oxygen atoms in total. The number of nitrogens with zero attached hydrogens (tertiary/aromatic N) is 5. The zero-order valence-electron chi connectivity index (χ0n) is 13.8. The van der Waals surface area contributed by atoms with E-state index < -0.39 is 0 Å². The summed E-state index contributed by atoms with van der Waals surface area (Å²) in [7, 11) is 0. The number of H-pyrrole nitrogens is 1. The fraction of sp³-hybridized carbons (Fsp3) is 0.412. The highest BCUT2D eigenvalue weighted by Crippen LogP contribution is 2.17. The summed E-state index contributed by atoms with van der Waals surface area (Å²) in [6.07, 6.45) is 9.12. The summed E-state index contributed by atoms with van der Waals surface area (Å²) in [5.41, 5.74) is 1.82. The zero-order valence-corrected chi connectivity index (χ0v) is 13.8. The molecular formula is C17H20N6O2. The van der Waals surface area contributed by atoms with Crippen LogP contribution in [0.3, 0.4) is 0 Å². The summed E-state index contributed by atoms with van der Waals surface area (Å²) >= 11 is 0. The Balaban J connectivity index is 1.30. The van der Waals surface area contributed by atoms with Gasteiger partial charge in [-0.1, -0.05) is 5.16 Å². The topological polar surface area (TPSA) is 93.0 Å². The lowest BCUT2D eigenvalue weighted by Gasteiger charge is -2.32. The minimum Gasteiger partial charge on any atom is -0.367 e. The van der Waals surface area contributed by atoms with Crippen molar-refractivity contribution < 1.29 is 9.26 Å². The molecule has 0 aromatic carbocycles. The number of likely N-dealkylation sites (tertiary alicyclic amines) is 1. The van der Waals surface area contributed by atoms with Crippen LogP contribution in [0.1, 0.15) is 24.4 Å². The van der Waals surface area contributed by atoms with Crippen molar-refractivity contribution in [3.05, 3.63) is 48.5 Å². The molecule has 130 valence electrons. The summed E-state index contributed by atoms with van der Waals surface area (Å²) in [5.74, 6) is 0.894. The maximum Gasteiger partial charge on any atom is 0.253 e. The Kier molecular flexibility index (Phi) is 4.80. The van der Waals surface area contributed by atoms with Crippen molar-refractivity contribution in [1.29, 1.82) is 0 Å². The molecule has 1 aliphatic rings. The van der Waals surface area contributed by atoms with Crippen LogP contribution in [-0.4, -0.2) is 49.2 Å². The first-order chi connectivity index (χ1) is 12.4. The SMILES string of the molecule is c1c[nH]c(CN2CCCC(OCc3nc(-c4cnccn4)no3)C2)c1. The number of rotatable bonds is 6. The summed E-state index contributed by atoms with van der Waals surface area (Å²) in [4.78, 5) is 18.1. The Hall–Kier alpha value is -2.58. The molecule has 1 unspecified atom stereocenters. The monoisotopic (exact) mass is 340 g/mol. The predicted molar refractivity (Wildman–Crippen MR) is 89.2 cm³/mol. The molecule has 4 heterocycles. The van der Waals surface area contributed by atoms with E-state index in [4.69, 9.17) is 9.26 Å². The smallest absolute Gasteiger partial charge is 0.253 e. The molecule has 3 aromatic heterocycles. The van der Waals surface area contributed by atoms with Crippen LogP contribution in [0.15, 0.2) is 41.4 Å². The van der Waals surface area contributed by atoms with Gasteiger partial charge in [-0.15, -0.1) is 0 Å². The van der Waals surface area contributed by atoms with E-state index in [0.717, 1.165) is 32.5 Å². The van der Waals surface area contributed by atoms with E-state index in [2.05, 4.69) is 36.1 Å². The molecule has 1 atom stereocenters. The van der Waals surface area contributed by atoms with Gasteiger partial charge in [-0.2, -0.15) is 4.98 Å². The van der Waals surface area contributed by atoms with Crippen LogP contribution in [0.5, 0.6) is 0 Å². The zero-order chi connectivity index (χ0) is 16.9. The van der Waals surface area contributed by atoms with Crippen LogP contribution in [0.4, 0.5) is 0 Å². The molecule has 1 fully saturated rings. The molecule has 1 saturated heterocycles. The number of nitrogens with one attached hydrogen (secondary N) is 1. The van der Waals surface area contributed by atoms with Crippen LogP contribution < -0.4 is 0 Å². The first kappa shape index (κ1) is 15.9. The molecule has 0 aliphatic carbocycles. The Morgan fingerprint density at radius 1 is 1.36 bits per heavy atom. The Morgan fingerprint density at radius 2 is 2.36 bits per heavy atom. The minimum atomic E-state index is 0.176. The fourth-order valence-electron chi connectivity index (χ4n) is 3.02. The van der Waals surface area contributed by atoms with Gasteiger partial charge in [0.2, 0.25) is 5.82 Å². The number of hydrogen-bond acceptors (Lipinski definition) is 7. The predicted octanol–water partition coefficient (Wildman–Crippen LogP) is 2.04. The quantitative estimate of drug-likeness (QED) is 0.734. The lowest BCUT2D eigenvalue weighted by atomic mass is 10.1. The summed E-state index contributed by atoms with van der Waals surface area (Å²) in [5, 5.41) is 3.93. The van der Waals surface area contributed by atoms with Crippen molar-refractivity contribution in [2.45, 2.75) is 32.1 Å². The lowest BCUT2D eigenvalue weighted by molar-refractivity contribution is -0.0213. The standard InChI is InChI=1S/C17H20N6O2/c1-3-13(19-5-1)10-23-8-2-4-14(11-23)24-12-16-21-17(22-25-16)15-9-18-6-7-20-15/h1,3,5-7,9,14,19H,2,4,8,10-12H2. The average Bonchev–Trinajstić information content (AvgIpc) is 3.33.